The molecule has 2 aromatic rings. The molecule has 176 valence electrons. The van der Waals surface area contributed by atoms with Gasteiger partial charge in [-0.25, -0.2) is 4.79 Å². The quantitative estimate of drug-likeness (QED) is 0.381. The van der Waals surface area contributed by atoms with Crippen LogP contribution in [0, 0.1) is 0 Å². The molecule has 2 aromatic carbocycles. The van der Waals surface area contributed by atoms with Crippen LogP contribution < -0.4 is 0 Å². The van der Waals surface area contributed by atoms with Crippen LogP contribution in [-0.4, -0.2) is 16.9 Å². The highest BCUT2D eigenvalue weighted by atomic mass is 16.4. The number of rotatable bonds is 5. The lowest BCUT2D eigenvalue weighted by Crippen LogP contribution is -2.12. The monoisotopic (exact) mass is 430 g/mol. The number of Topliss-reactive ketones (excluding diaryl/α,β-unsaturated/α-hetero) is 1. The molecule has 2 rings (SSSR count). The van der Waals surface area contributed by atoms with Gasteiger partial charge in [0.05, 0.1) is 0 Å². The van der Waals surface area contributed by atoms with Crippen molar-refractivity contribution in [1.82, 2.24) is 0 Å². The van der Waals surface area contributed by atoms with E-state index in [0.29, 0.717) is 17.6 Å². The molecule has 0 radical (unpaired) electrons. The van der Waals surface area contributed by atoms with Crippen LogP contribution in [0.1, 0.15) is 92.1 Å². The SMILES string of the molecule is C/C(C(=O)O)=C(\Cc1ccccc1)C(=O)c1ccccc1.CC.CC.CC.CC.CC. The zero-order valence-corrected chi connectivity index (χ0v) is 21.7. The lowest BCUT2D eigenvalue weighted by Gasteiger charge is -2.10. The van der Waals surface area contributed by atoms with Gasteiger partial charge in [-0.2, -0.15) is 0 Å². The summed E-state index contributed by atoms with van der Waals surface area (Å²) in [6, 6.07) is 18.1. The molecular weight excluding hydrogens is 384 g/mol. The highest BCUT2D eigenvalue weighted by Gasteiger charge is 2.18. The van der Waals surface area contributed by atoms with Gasteiger partial charge in [-0.1, -0.05) is 130 Å². The summed E-state index contributed by atoms with van der Waals surface area (Å²) in [6.07, 6.45) is 0.312. The number of carbonyl (C=O) groups is 2. The normalized spacial score (nSPS) is 8.87. The summed E-state index contributed by atoms with van der Waals surface area (Å²) in [5, 5.41) is 9.22. The standard InChI is InChI=1S/C18H16O3.5C2H6/c1-13(18(20)21)16(12-14-8-4-2-5-9-14)17(19)15-10-6-3-7-11-15;5*1-2/h2-11H,12H2,1H3,(H,20,21);5*1-2H3/b16-13-;;;;;. The highest BCUT2D eigenvalue weighted by molar-refractivity contribution is 6.12. The van der Waals surface area contributed by atoms with Crippen LogP contribution in [0.4, 0.5) is 0 Å². The summed E-state index contributed by atoms with van der Waals surface area (Å²) in [5.74, 6) is -1.30. The Morgan fingerprint density at radius 2 is 1.00 bits per heavy atom. The van der Waals surface area contributed by atoms with E-state index in [-0.39, 0.29) is 11.4 Å². The Labute approximate surface area is 192 Å². The molecule has 0 aliphatic rings. The van der Waals surface area contributed by atoms with Crippen LogP contribution >= 0.6 is 0 Å². The highest BCUT2D eigenvalue weighted by Crippen LogP contribution is 2.18. The second-order valence-corrected chi connectivity index (χ2v) is 4.77. The second-order valence-electron chi connectivity index (χ2n) is 4.77. The van der Waals surface area contributed by atoms with Gasteiger partial charge in [0.1, 0.15) is 0 Å². The Kier molecular flexibility index (Phi) is 31.5. The molecule has 0 aliphatic carbocycles. The second kappa shape index (κ2) is 27.3. The fourth-order valence-electron chi connectivity index (χ4n) is 2.08. The molecule has 0 unspecified atom stereocenters. The summed E-state index contributed by atoms with van der Waals surface area (Å²) >= 11 is 0. The summed E-state index contributed by atoms with van der Waals surface area (Å²) in [4.78, 5) is 23.8. The van der Waals surface area contributed by atoms with Crippen molar-refractivity contribution >= 4 is 11.8 Å². The predicted molar refractivity (Wildman–Crippen MR) is 138 cm³/mol. The minimum atomic E-state index is -1.06. The number of hydrogen-bond acceptors (Lipinski definition) is 2. The molecule has 0 bridgehead atoms. The largest absolute Gasteiger partial charge is 0.478 e. The van der Waals surface area contributed by atoms with Gasteiger partial charge in [0.2, 0.25) is 0 Å². The minimum absolute atomic E-state index is 0.0905. The molecule has 0 atom stereocenters. The summed E-state index contributed by atoms with van der Waals surface area (Å²) in [7, 11) is 0. The Hall–Kier alpha value is -2.68. The molecule has 0 saturated carbocycles. The van der Waals surface area contributed by atoms with Gasteiger partial charge >= 0.3 is 5.97 Å². The van der Waals surface area contributed by atoms with E-state index < -0.39 is 5.97 Å². The minimum Gasteiger partial charge on any atom is -0.478 e. The van der Waals surface area contributed by atoms with Crippen LogP contribution in [0.5, 0.6) is 0 Å². The lowest BCUT2D eigenvalue weighted by molar-refractivity contribution is -0.132. The summed E-state index contributed by atoms with van der Waals surface area (Å²) < 4.78 is 0. The molecule has 0 fully saturated rings. The van der Waals surface area contributed by atoms with Gasteiger partial charge in [-0.3, -0.25) is 4.79 Å². The number of aliphatic carboxylic acids is 1. The average molecular weight is 431 g/mol. The number of ketones is 1. The van der Waals surface area contributed by atoms with Crippen LogP contribution in [0.25, 0.3) is 0 Å². The zero-order chi connectivity index (χ0) is 25.2. The van der Waals surface area contributed by atoms with Crippen molar-refractivity contribution in [2.45, 2.75) is 82.6 Å². The van der Waals surface area contributed by atoms with Crippen molar-refractivity contribution in [3.8, 4) is 0 Å². The van der Waals surface area contributed by atoms with E-state index in [1.807, 2.05) is 106 Å². The van der Waals surface area contributed by atoms with Crippen LogP contribution in [0.2, 0.25) is 0 Å². The fraction of sp³-hybridized carbons (Fsp3) is 0.429. The molecule has 31 heavy (non-hydrogen) atoms. The Morgan fingerprint density at radius 1 is 0.645 bits per heavy atom. The van der Waals surface area contributed by atoms with Gasteiger partial charge in [-0.15, -0.1) is 0 Å². The molecule has 0 saturated heterocycles. The molecule has 3 nitrogen and oxygen atoms in total. The first-order chi connectivity index (χ1) is 15.1. The molecular formula is C28H46O3. The Bertz CT molecular complexity index is 672. The third-order valence-corrected chi connectivity index (χ3v) is 3.31. The molecule has 3 heteroatoms. The van der Waals surface area contributed by atoms with Gasteiger partial charge in [0.15, 0.2) is 5.78 Å². The van der Waals surface area contributed by atoms with Crippen molar-refractivity contribution in [1.29, 1.82) is 0 Å². The summed E-state index contributed by atoms with van der Waals surface area (Å²) in [6.45, 7) is 21.5. The number of carbonyl (C=O) groups excluding carboxylic acids is 1. The molecule has 0 heterocycles. The zero-order valence-electron chi connectivity index (χ0n) is 21.7. The van der Waals surface area contributed by atoms with E-state index in [1.54, 1.807) is 24.3 Å². The maximum Gasteiger partial charge on any atom is 0.331 e. The Balaban J connectivity index is -0.000000320. The molecule has 1 N–H and O–H groups in total. The first-order valence-electron chi connectivity index (χ1n) is 11.7. The topological polar surface area (TPSA) is 54.4 Å². The van der Waals surface area contributed by atoms with Crippen LogP contribution in [-0.2, 0) is 11.2 Å². The van der Waals surface area contributed by atoms with Gasteiger partial charge in [-0.05, 0) is 12.5 Å². The number of allylic oxidation sites excluding steroid dienone is 1. The molecule has 0 amide bonds. The maximum absolute atomic E-state index is 12.6. The van der Waals surface area contributed by atoms with Crippen molar-refractivity contribution < 1.29 is 14.7 Å². The van der Waals surface area contributed by atoms with E-state index in [0.717, 1.165) is 5.56 Å². The van der Waals surface area contributed by atoms with E-state index in [4.69, 9.17) is 0 Å². The van der Waals surface area contributed by atoms with E-state index >= 15 is 0 Å². The first-order valence-corrected chi connectivity index (χ1v) is 11.7. The lowest BCUT2D eigenvalue weighted by atomic mass is 9.93. The van der Waals surface area contributed by atoms with E-state index in [9.17, 15) is 14.7 Å². The third kappa shape index (κ3) is 15.8. The van der Waals surface area contributed by atoms with Crippen LogP contribution in [0.15, 0.2) is 71.8 Å². The van der Waals surface area contributed by atoms with Crippen molar-refractivity contribution in [2.24, 2.45) is 0 Å². The number of carboxylic acids is 1. The van der Waals surface area contributed by atoms with E-state index in [1.165, 1.54) is 6.92 Å². The van der Waals surface area contributed by atoms with Crippen molar-refractivity contribution in [3.63, 3.8) is 0 Å². The molecule has 0 aromatic heterocycles. The third-order valence-electron chi connectivity index (χ3n) is 3.31. The maximum atomic E-state index is 12.6. The number of carboxylic acid groups (broad SMARTS) is 1. The molecule has 0 aliphatic heterocycles. The fourth-order valence-corrected chi connectivity index (χ4v) is 2.08. The predicted octanol–water partition coefficient (Wildman–Crippen LogP) is 8.64. The summed E-state index contributed by atoms with van der Waals surface area (Å²) in [5.41, 5.74) is 1.83. The van der Waals surface area contributed by atoms with Gasteiger partial charge < -0.3 is 5.11 Å². The van der Waals surface area contributed by atoms with Crippen molar-refractivity contribution in [3.05, 3.63) is 82.9 Å². The van der Waals surface area contributed by atoms with E-state index in [2.05, 4.69) is 0 Å². The van der Waals surface area contributed by atoms with Gasteiger partial charge in [0.25, 0.3) is 0 Å². The van der Waals surface area contributed by atoms with Crippen molar-refractivity contribution in [2.75, 3.05) is 0 Å². The van der Waals surface area contributed by atoms with Crippen LogP contribution in [0.3, 0.4) is 0 Å². The first kappa shape index (κ1) is 35.7. The number of hydrogen-bond donors (Lipinski definition) is 1. The number of benzene rings is 2. The Morgan fingerprint density at radius 3 is 1.35 bits per heavy atom. The van der Waals surface area contributed by atoms with Gasteiger partial charge in [0, 0.05) is 23.1 Å². The smallest absolute Gasteiger partial charge is 0.331 e. The average Bonchev–Trinajstić information content (AvgIpc) is 2.89. The molecule has 0 spiro atoms.